The molecule has 1 saturated carbocycles. The maximum atomic E-state index is 11.5. The summed E-state index contributed by atoms with van der Waals surface area (Å²) in [5.41, 5.74) is 0.177. The van der Waals surface area contributed by atoms with Crippen molar-refractivity contribution in [2.24, 2.45) is 11.3 Å². The largest absolute Gasteiger partial charge is 0.331 e. The highest BCUT2D eigenvalue weighted by atomic mass is 16.2. The third-order valence-electron chi connectivity index (χ3n) is 2.57. The fourth-order valence-electron chi connectivity index (χ4n) is 1.45. The van der Waals surface area contributed by atoms with E-state index in [4.69, 9.17) is 0 Å². The van der Waals surface area contributed by atoms with E-state index in [9.17, 15) is 4.79 Å². The number of carbonyl (C=O) groups excluding carboxylic acids is 1. The third-order valence-corrected chi connectivity index (χ3v) is 2.57. The van der Waals surface area contributed by atoms with Gasteiger partial charge in [-0.1, -0.05) is 13.8 Å². The Morgan fingerprint density at radius 3 is 2.92 bits per heavy atom. The summed E-state index contributed by atoms with van der Waals surface area (Å²) in [4.78, 5) is 18.3. The highest BCUT2D eigenvalue weighted by molar-refractivity contribution is 5.93. The average molecular weight is 179 g/mol. The molecule has 1 aliphatic carbocycles. The highest BCUT2D eigenvalue weighted by Gasteiger charge is 2.50. The Labute approximate surface area is 76.8 Å². The summed E-state index contributed by atoms with van der Waals surface area (Å²) < 4.78 is 0. The molecule has 70 valence electrons. The van der Waals surface area contributed by atoms with Gasteiger partial charge in [0, 0.05) is 18.3 Å². The van der Waals surface area contributed by atoms with Crippen LogP contribution in [0.15, 0.2) is 12.4 Å². The van der Waals surface area contributed by atoms with Crippen molar-refractivity contribution >= 4 is 11.9 Å². The molecule has 4 nitrogen and oxygen atoms in total. The molecule has 0 bridgehead atoms. The lowest BCUT2D eigenvalue weighted by Crippen LogP contribution is -2.17. The van der Waals surface area contributed by atoms with Gasteiger partial charge in [0.05, 0.1) is 0 Å². The fraction of sp³-hybridized carbons (Fsp3) is 0.556. The second-order valence-electron chi connectivity index (χ2n) is 4.17. The number of amides is 1. The molecule has 0 spiro atoms. The molecule has 1 fully saturated rings. The van der Waals surface area contributed by atoms with Crippen LogP contribution in [0.1, 0.15) is 20.3 Å². The van der Waals surface area contributed by atoms with Crippen LogP contribution in [0.2, 0.25) is 0 Å². The Bertz CT molecular complexity index is 316. The molecule has 1 heterocycles. The van der Waals surface area contributed by atoms with Gasteiger partial charge in [0.25, 0.3) is 0 Å². The molecule has 1 aliphatic rings. The van der Waals surface area contributed by atoms with Gasteiger partial charge in [0.15, 0.2) is 0 Å². The van der Waals surface area contributed by atoms with Crippen LogP contribution in [0.25, 0.3) is 0 Å². The van der Waals surface area contributed by atoms with E-state index in [-0.39, 0.29) is 17.2 Å². The van der Waals surface area contributed by atoms with Gasteiger partial charge in [-0.2, -0.15) is 0 Å². The van der Waals surface area contributed by atoms with Gasteiger partial charge in [-0.15, -0.1) is 0 Å². The maximum absolute atomic E-state index is 11.5. The number of aromatic nitrogens is 2. The van der Waals surface area contributed by atoms with Crippen LogP contribution in [-0.4, -0.2) is 15.9 Å². The van der Waals surface area contributed by atoms with Gasteiger partial charge >= 0.3 is 0 Å². The molecule has 1 atom stereocenters. The third kappa shape index (κ3) is 1.56. The number of carbonyl (C=O) groups is 1. The summed E-state index contributed by atoms with van der Waals surface area (Å²) in [6.07, 6.45) is 4.28. The number of H-pyrrole nitrogens is 1. The predicted octanol–water partition coefficient (Wildman–Crippen LogP) is 1.39. The van der Waals surface area contributed by atoms with Gasteiger partial charge < -0.3 is 4.98 Å². The first-order chi connectivity index (χ1) is 6.09. The summed E-state index contributed by atoms with van der Waals surface area (Å²) in [7, 11) is 0. The number of hydrogen-bond donors (Lipinski definition) is 2. The highest BCUT2D eigenvalue weighted by Crippen LogP contribution is 2.51. The van der Waals surface area contributed by atoms with Crippen LogP contribution in [0.3, 0.4) is 0 Å². The van der Waals surface area contributed by atoms with Crippen LogP contribution in [0, 0.1) is 11.3 Å². The molecule has 1 amide bonds. The minimum atomic E-state index is 0.0694. The number of anilines is 1. The van der Waals surface area contributed by atoms with Crippen molar-refractivity contribution in [3.8, 4) is 0 Å². The molecular weight excluding hydrogens is 166 g/mol. The molecule has 1 unspecified atom stereocenters. The predicted molar refractivity (Wildman–Crippen MR) is 49.1 cm³/mol. The molecule has 1 aromatic heterocycles. The number of imidazole rings is 1. The molecule has 0 aromatic carbocycles. The second-order valence-corrected chi connectivity index (χ2v) is 4.17. The van der Waals surface area contributed by atoms with Crippen molar-refractivity contribution in [2.45, 2.75) is 20.3 Å². The molecule has 2 rings (SSSR count). The summed E-state index contributed by atoms with van der Waals surface area (Å²) in [5.74, 6) is 0.755. The summed E-state index contributed by atoms with van der Waals surface area (Å²) in [6.45, 7) is 4.19. The monoisotopic (exact) mass is 179 g/mol. The fourth-order valence-corrected chi connectivity index (χ4v) is 1.45. The topological polar surface area (TPSA) is 57.8 Å². The van der Waals surface area contributed by atoms with Crippen LogP contribution in [0.4, 0.5) is 5.95 Å². The van der Waals surface area contributed by atoms with Crippen molar-refractivity contribution in [1.82, 2.24) is 9.97 Å². The SMILES string of the molecule is CC1(C)CC1C(=O)Nc1ncc[nH]1. The van der Waals surface area contributed by atoms with Crippen molar-refractivity contribution in [3.05, 3.63) is 12.4 Å². The Hall–Kier alpha value is -1.32. The molecule has 1 aromatic rings. The average Bonchev–Trinajstić information content (AvgIpc) is 2.49. The van der Waals surface area contributed by atoms with E-state index in [0.29, 0.717) is 5.95 Å². The zero-order valence-corrected chi connectivity index (χ0v) is 7.79. The van der Waals surface area contributed by atoms with Crippen molar-refractivity contribution < 1.29 is 4.79 Å². The Morgan fingerprint density at radius 2 is 2.46 bits per heavy atom. The maximum Gasteiger partial charge on any atom is 0.230 e. The van der Waals surface area contributed by atoms with Crippen LogP contribution < -0.4 is 5.32 Å². The number of nitrogens with one attached hydrogen (secondary N) is 2. The van der Waals surface area contributed by atoms with E-state index in [2.05, 4.69) is 29.1 Å². The van der Waals surface area contributed by atoms with E-state index in [1.165, 1.54) is 0 Å². The number of rotatable bonds is 2. The summed E-state index contributed by atoms with van der Waals surface area (Å²) >= 11 is 0. The van der Waals surface area contributed by atoms with E-state index >= 15 is 0 Å². The number of hydrogen-bond acceptors (Lipinski definition) is 2. The van der Waals surface area contributed by atoms with E-state index in [1.54, 1.807) is 12.4 Å². The molecule has 4 heteroatoms. The quantitative estimate of drug-likeness (QED) is 0.720. The van der Waals surface area contributed by atoms with Gasteiger partial charge in [-0.25, -0.2) is 4.98 Å². The van der Waals surface area contributed by atoms with E-state index in [0.717, 1.165) is 6.42 Å². The molecule has 2 N–H and O–H groups in total. The van der Waals surface area contributed by atoms with Gasteiger partial charge in [0.2, 0.25) is 11.9 Å². The smallest absolute Gasteiger partial charge is 0.230 e. The molecule has 0 aliphatic heterocycles. The lowest BCUT2D eigenvalue weighted by Gasteiger charge is -2.02. The van der Waals surface area contributed by atoms with Crippen molar-refractivity contribution in [1.29, 1.82) is 0 Å². The van der Waals surface area contributed by atoms with Gasteiger partial charge in [0.1, 0.15) is 0 Å². The van der Waals surface area contributed by atoms with Crippen LogP contribution in [0.5, 0.6) is 0 Å². The molecule has 0 saturated heterocycles. The number of nitrogens with zero attached hydrogens (tertiary/aromatic N) is 1. The first-order valence-electron chi connectivity index (χ1n) is 4.40. The lowest BCUT2D eigenvalue weighted by atomic mass is 10.1. The lowest BCUT2D eigenvalue weighted by molar-refractivity contribution is -0.118. The first-order valence-corrected chi connectivity index (χ1v) is 4.40. The Balaban J connectivity index is 1.94. The molecule has 13 heavy (non-hydrogen) atoms. The summed E-state index contributed by atoms with van der Waals surface area (Å²) in [5, 5.41) is 2.73. The van der Waals surface area contributed by atoms with E-state index < -0.39 is 0 Å². The van der Waals surface area contributed by atoms with Crippen molar-refractivity contribution in [3.63, 3.8) is 0 Å². The van der Waals surface area contributed by atoms with Gasteiger partial charge in [-0.3, -0.25) is 10.1 Å². The van der Waals surface area contributed by atoms with Crippen LogP contribution >= 0.6 is 0 Å². The molecule has 0 radical (unpaired) electrons. The first kappa shape index (κ1) is 8.29. The van der Waals surface area contributed by atoms with Crippen LogP contribution in [-0.2, 0) is 4.79 Å². The second kappa shape index (κ2) is 2.58. The Kier molecular flexibility index (Phi) is 1.65. The molecular formula is C9H13N3O. The standard InChI is InChI=1S/C9H13N3O/c1-9(2)5-6(9)7(13)12-8-10-3-4-11-8/h3-4,6H,5H2,1-2H3,(H2,10,11,12,13). The number of aromatic amines is 1. The van der Waals surface area contributed by atoms with Gasteiger partial charge in [-0.05, 0) is 11.8 Å². The summed E-state index contributed by atoms with van der Waals surface area (Å²) in [6, 6.07) is 0. The van der Waals surface area contributed by atoms with E-state index in [1.807, 2.05) is 0 Å². The zero-order valence-electron chi connectivity index (χ0n) is 7.79. The normalized spacial score (nSPS) is 24.0. The Morgan fingerprint density at radius 1 is 1.77 bits per heavy atom. The minimum absolute atomic E-state index is 0.0694. The zero-order chi connectivity index (χ0) is 9.47. The minimum Gasteiger partial charge on any atom is -0.331 e. The van der Waals surface area contributed by atoms with Crippen molar-refractivity contribution in [2.75, 3.05) is 5.32 Å².